The summed E-state index contributed by atoms with van der Waals surface area (Å²) >= 11 is 0. The predicted octanol–water partition coefficient (Wildman–Crippen LogP) is 2.61. The van der Waals surface area contributed by atoms with E-state index in [1.807, 2.05) is 6.92 Å². The van der Waals surface area contributed by atoms with Crippen LogP contribution in [0.15, 0.2) is 18.2 Å². The molecule has 0 radical (unpaired) electrons. The lowest BCUT2D eigenvalue weighted by Gasteiger charge is -2.42. The lowest BCUT2D eigenvalue weighted by Crippen LogP contribution is -2.52. The van der Waals surface area contributed by atoms with Crippen LogP contribution in [-0.4, -0.2) is 35.7 Å². The number of rotatable bonds is 8. The van der Waals surface area contributed by atoms with Crippen LogP contribution in [0.25, 0.3) is 0 Å². The van der Waals surface area contributed by atoms with Crippen molar-refractivity contribution >= 4 is 11.9 Å². The Kier molecular flexibility index (Phi) is 5.47. The largest absolute Gasteiger partial charge is 0.490 e. The van der Waals surface area contributed by atoms with Gasteiger partial charge in [0.05, 0.1) is 6.61 Å². The van der Waals surface area contributed by atoms with E-state index in [1.54, 1.807) is 18.2 Å². The van der Waals surface area contributed by atoms with E-state index < -0.39 is 12.6 Å². The fourth-order valence-electron chi connectivity index (χ4n) is 2.66. The number of hydrogen-bond donors (Lipinski definition) is 2. The summed E-state index contributed by atoms with van der Waals surface area (Å²) in [5.74, 6) is -0.512. The number of benzene rings is 1. The van der Waals surface area contributed by atoms with E-state index in [9.17, 15) is 9.59 Å². The maximum atomic E-state index is 12.4. The summed E-state index contributed by atoms with van der Waals surface area (Å²) in [5, 5.41) is 11.8. The van der Waals surface area contributed by atoms with Gasteiger partial charge in [0.15, 0.2) is 18.1 Å². The Morgan fingerprint density at radius 1 is 1.22 bits per heavy atom. The SMILES string of the molecule is CCOc1cc(C(=O)NC2(CC)CCC2)ccc1OCC(=O)O. The fraction of sp³-hybridized carbons (Fsp3) is 0.529. The van der Waals surface area contributed by atoms with E-state index in [1.165, 1.54) is 0 Å². The molecule has 126 valence electrons. The van der Waals surface area contributed by atoms with Gasteiger partial charge >= 0.3 is 5.97 Å². The normalized spacial score (nSPS) is 15.4. The topological polar surface area (TPSA) is 84.9 Å². The summed E-state index contributed by atoms with van der Waals surface area (Å²) in [6.07, 6.45) is 4.07. The van der Waals surface area contributed by atoms with Crippen LogP contribution in [0.2, 0.25) is 0 Å². The summed E-state index contributed by atoms with van der Waals surface area (Å²) in [6.45, 7) is 3.83. The van der Waals surface area contributed by atoms with Gasteiger partial charge in [0.1, 0.15) is 0 Å². The number of nitrogens with one attached hydrogen (secondary N) is 1. The third kappa shape index (κ3) is 4.15. The Morgan fingerprint density at radius 3 is 2.48 bits per heavy atom. The number of ether oxygens (including phenoxy) is 2. The standard InChI is InChI=1S/C17H23NO5/c1-3-17(8-5-9-17)18-16(21)12-6-7-13(23-11-15(19)20)14(10-12)22-4-2/h6-7,10H,3-5,8-9,11H2,1-2H3,(H,18,21)(H,19,20). The smallest absolute Gasteiger partial charge is 0.341 e. The molecule has 1 aromatic rings. The highest BCUT2D eigenvalue weighted by molar-refractivity contribution is 5.95. The first-order valence-electron chi connectivity index (χ1n) is 7.93. The second-order valence-corrected chi connectivity index (χ2v) is 5.72. The molecular formula is C17H23NO5. The van der Waals surface area contributed by atoms with Crippen molar-refractivity contribution in [1.82, 2.24) is 5.32 Å². The first-order valence-corrected chi connectivity index (χ1v) is 7.93. The lowest BCUT2D eigenvalue weighted by atomic mass is 9.74. The first-order chi connectivity index (χ1) is 11.0. The van der Waals surface area contributed by atoms with Crippen molar-refractivity contribution < 1.29 is 24.2 Å². The van der Waals surface area contributed by atoms with Crippen molar-refractivity contribution in [3.63, 3.8) is 0 Å². The molecule has 1 amide bonds. The second kappa shape index (κ2) is 7.35. The highest BCUT2D eigenvalue weighted by atomic mass is 16.5. The highest BCUT2D eigenvalue weighted by Gasteiger charge is 2.36. The molecule has 2 rings (SSSR count). The van der Waals surface area contributed by atoms with Crippen LogP contribution in [0.5, 0.6) is 11.5 Å². The van der Waals surface area contributed by atoms with Gasteiger partial charge in [0.2, 0.25) is 0 Å². The number of carbonyl (C=O) groups is 2. The highest BCUT2D eigenvalue weighted by Crippen LogP contribution is 2.35. The average Bonchev–Trinajstić information content (AvgIpc) is 2.49. The first kappa shape index (κ1) is 17.1. The summed E-state index contributed by atoms with van der Waals surface area (Å²) in [6, 6.07) is 4.79. The molecule has 1 fully saturated rings. The van der Waals surface area contributed by atoms with Gasteiger partial charge in [0.25, 0.3) is 5.91 Å². The predicted molar refractivity (Wildman–Crippen MR) is 85.1 cm³/mol. The van der Waals surface area contributed by atoms with Crippen molar-refractivity contribution in [2.24, 2.45) is 0 Å². The van der Waals surface area contributed by atoms with Crippen molar-refractivity contribution in [3.8, 4) is 11.5 Å². The van der Waals surface area contributed by atoms with Crippen molar-refractivity contribution in [2.45, 2.75) is 45.1 Å². The van der Waals surface area contributed by atoms with E-state index >= 15 is 0 Å². The molecule has 1 aliphatic carbocycles. The van der Waals surface area contributed by atoms with E-state index in [0.717, 1.165) is 25.7 Å². The number of carboxylic acid groups (broad SMARTS) is 1. The molecule has 23 heavy (non-hydrogen) atoms. The minimum Gasteiger partial charge on any atom is -0.490 e. The van der Waals surface area contributed by atoms with Gasteiger partial charge in [-0.2, -0.15) is 0 Å². The van der Waals surface area contributed by atoms with Gasteiger partial charge < -0.3 is 19.9 Å². The van der Waals surface area contributed by atoms with E-state index in [-0.39, 0.29) is 11.4 Å². The summed E-state index contributed by atoms with van der Waals surface area (Å²) in [7, 11) is 0. The molecule has 1 saturated carbocycles. The van der Waals surface area contributed by atoms with Gasteiger partial charge in [-0.3, -0.25) is 4.79 Å². The average molecular weight is 321 g/mol. The molecule has 0 atom stereocenters. The summed E-state index contributed by atoms with van der Waals surface area (Å²) in [5.41, 5.74) is 0.400. The Bertz CT molecular complexity index is 575. The van der Waals surface area contributed by atoms with Crippen molar-refractivity contribution in [3.05, 3.63) is 23.8 Å². The molecule has 6 heteroatoms. The molecule has 0 bridgehead atoms. The Hall–Kier alpha value is -2.24. The Labute approximate surface area is 135 Å². The molecule has 0 heterocycles. The molecule has 2 N–H and O–H groups in total. The second-order valence-electron chi connectivity index (χ2n) is 5.72. The van der Waals surface area contributed by atoms with Crippen LogP contribution in [0, 0.1) is 0 Å². The molecule has 0 aliphatic heterocycles. The van der Waals surface area contributed by atoms with Crippen molar-refractivity contribution in [1.29, 1.82) is 0 Å². The van der Waals surface area contributed by atoms with Crippen LogP contribution < -0.4 is 14.8 Å². The van der Waals surface area contributed by atoms with Crippen LogP contribution in [-0.2, 0) is 4.79 Å². The number of carboxylic acids is 1. The van der Waals surface area contributed by atoms with Crippen LogP contribution in [0.3, 0.4) is 0 Å². The zero-order chi connectivity index (χ0) is 16.9. The molecule has 0 unspecified atom stereocenters. The third-order valence-corrected chi connectivity index (χ3v) is 4.22. The van der Waals surface area contributed by atoms with Gasteiger partial charge in [-0.25, -0.2) is 4.79 Å². The van der Waals surface area contributed by atoms with Gasteiger partial charge in [-0.1, -0.05) is 6.92 Å². The van der Waals surface area contributed by atoms with Crippen molar-refractivity contribution in [2.75, 3.05) is 13.2 Å². The lowest BCUT2D eigenvalue weighted by molar-refractivity contribution is -0.139. The number of aliphatic carboxylic acids is 1. The Balaban J connectivity index is 2.14. The molecule has 1 aliphatic rings. The molecule has 6 nitrogen and oxygen atoms in total. The number of amides is 1. The number of hydrogen-bond acceptors (Lipinski definition) is 4. The molecule has 0 aromatic heterocycles. The van der Waals surface area contributed by atoms with Crippen LogP contribution >= 0.6 is 0 Å². The van der Waals surface area contributed by atoms with Gasteiger partial charge in [-0.05, 0) is 50.8 Å². The zero-order valence-electron chi connectivity index (χ0n) is 13.6. The van der Waals surface area contributed by atoms with Gasteiger partial charge in [0, 0.05) is 11.1 Å². The van der Waals surface area contributed by atoms with E-state index in [2.05, 4.69) is 12.2 Å². The molecule has 0 saturated heterocycles. The summed E-state index contributed by atoms with van der Waals surface area (Å²) in [4.78, 5) is 23.1. The zero-order valence-corrected chi connectivity index (χ0v) is 13.6. The maximum Gasteiger partial charge on any atom is 0.341 e. The minimum atomic E-state index is -1.07. The third-order valence-electron chi connectivity index (χ3n) is 4.22. The van der Waals surface area contributed by atoms with E-state index in [4.69, 9.17) is 14.6 Å². The van der Waals surface area contributed by atoms with Crippen LogP contribution in [0.4, 0.5) is 0 Å². The molecular weight excluding hydrogens is 298 g/mol. The van der Waals surface area contributed by atoms with E-state index in [0.29, 0.717) is 23.7 Å². The number of carbonyl (C=O) groups excluding carboxylic acids is 1. The Morgan fingerprint density at radius 2 is 1.96 bits per heavy atom. The van der Waals surface area contributed by atoms with Gasteiger partial charge in [-0.15, -0.1) is 0 Å². The maximum absolute atomic E-state index is 12.4. The quantitative estimate of drug-likeness (QED) is 0.769. The molecule has 0 spiro atoms. The fourth-order valence-corrected chi connectivity index (χ4v) is 2.66. The summed E-state index contributed by atoms with van der Waals surface area (Å²) < 4.78 is 10.6. The monoisotopic (exact) mass is 321 g/mol. The minimum absolute atomic E-state index is 0.0820. The molecule has 1 aromatic carbocycles. The van der Waals surface area contributed by atoms with Crippen LogP contribution in [0.1, 0.15) is 49.9 Å².